The van der Waals surface area contributed by atoms with E-state index in [0.29, 0.717) is 6.54 Å². The Bertz CT molecular complexity index is 428. The zero-order valence-corrected chi connectivity index (χ0v) is 13.1. The van der Waals surface area contributed by atoms with Gasteiger partial charge in [-0.15, -0.1) is 12.4 Å². The minimum atomic E-state index is -0.298. The number of hydrogen-bond donors (Lipinski definition) is 2. The molecule has 0 saturated carbocycles. The summed E-state index contributed by atoms with van der Waals surface area (Å²) in [6.07, 6.45) is 1.72. The highest BCUT2D eigenvalue weighted by atomic mass is 35.5. The van der Waals surface area contributed by atoms with Crippen LogP contribution in [0.1, 0.15) is 48.2 Å². The van der Waals surface area contributed by atoms with Crippen molar-refractivity contribution in [2.75, 3.05) is 6.54 Å². The lowest BCUT2D eigenvalue weighted by molar-refractivity contribution is 0.0941. The van der Waals surface area contributed by atoms with E-state index >= 15 is 0 Å². The lowest BCUT2D eigenvalue weighted by atomic mass is 9.94. The van der Waals surface area contributed by atoms with E-state index in [1.54, 1.807) is 0 Å². The Kier molecular flexibility index (Phi) is 7.09. The van der Waals surface area contributed by atoms with Gasteiger partial charge in [0.25, 0.3) is 5.91 Å². The lowest BCUT2D eigenvalue weighted by Crippen LogP contribution is -2.49. The molecule has 0 atom stereocenters. The first kappa shape index (κ1) is 17.9. The van der Waals surface area contributed by atoms with Gasteiger partial charge in [0.15, 0.2) is 0 Å². The van der Waals surface area contributed by atoms with Crippen molar-refractivity contribution in [1.82, 2.24) is 5.32 Å². The predicted molar refractivity (Wildman–Crippen MR) is 83.0 cm³/mol. The van der Waals surface area contributed by atoms with E-state index in [2.05, 4.69) is 5.32 Å². The Morgan fingerprint density at radius 1 is 1.26 bits per heavy atom. The molecule has 0 aliphatic heterocycles. The highest BCUT2D eigenvalue weighted by Crippen LogP contribution is 2.12. The van der Waals surface area contributed by atoms with Crippen molar-refractivity contribution in [3.63, 3.8) is 0 Å². The molecule has 0 heterocycles. The van der Waals surface area contributed by atoms with Gasteiger partial charge in [-0.1, -0.05) is 31.5 Å². The number of carbonyl (C=O) groups is 1. The second kappa shape index (κ2) is 7.51. The number of aryl methyl sites for hydroxylation is 2. The van der Waals surface area contributed by atoms with Gasteiger partial charge < -0.3 is 11.1 Å². The van der Waals surface area contributed by atoms with Gasteiger partial charge in [0.05, 0.1) is 0 Å². The van der Waals surface area contributed by atoms with E-state index < -0.39 is 0 Å². The fourth-order valence-corrected chi connectivity index (χ4v) is 1.83. The van der Waals surface area contributed by atoms with Crippen molar-refractivity contribution in [2.24, 2.45) is 5.73 Å². The zero-order chi connectivity index (χ0) is 13.8. The number of carbonyl (C=O) groups excluding carboxylic acids is 1. The van der Waals surface area contributed by atoms with Crippen molar-refractivity contribution >= 4 is 18.3 Å². The van der Waals surface area contributed by atoms with Crippen molar-refractivity contribution in [3.8, 4) is 0 Å². The Morgan fingerprint density at radius 3 is 2.37 bits per heavy atom. The SMILES string of the molecule is CCC(N)(CC)CNC(=O)c1cc(C)ccc1C.Cl. The fourth-order valence-electron chi connectivity index (χ4n) is 1.83. The second-order valence-electron chi connectivity index (χ2n) is 5.07. The molecule has 108 valence electrons. The molecule has 1 rings (SSSR count). The fraction of sp³-hybridized carbons (Fsp3) is 0.533. The molecule has 0 radical (unpaired) electrons. The third kappa shape index (κ3) is 4.84. The van der Waals surface area contributed by atoms with E-state index in [1.807, 2.05) is 45.9 Å². The molecule has 0 unspecified atom stereocenters. The molecule has 1 amide bonds. The third-order valence-electron chi connectivity index (χ3n) is 3.65. The van der Waals surface area contributed by atoms with Gasteiger partial charge in [0.1, 0.15) is 0 Å². The van der Waals surface area contributed by atoms with Gasteiger partial charge in [-0.05, 0) is 38.3 Å². The van der Waals surface area contributed by atoms with Crippen LogP contribution in [0.25, 0.3) is 0 Å². The Morgan fingerprint density at radius 2 is 1.84 bits per heavy atom. The summed E-state index contributed by atoms with van der Waals surface area (Å²) in [5.41, 5.74) is 8.71. The quantitative estimate of drug-likeness (QED) is 0.873. The summed E-state index contributed by atoms with van der Waals surface area (Å²) >= 11 is 0. The Hall–Kier alpha value is -1.06. The molecule has 19 heavy (non-hydrogen) atoms. The number of benzene rings is 1. The molecule has 1 aromatic rings. The molecule has 0 fully saturated rings. The van der Waals surface area contributed by atoms with Crippen LogP contribution in [0, 0.1) is 13.8 Å². The molecule has 3 nitrogen and oxygen atoms in total. The number of rotatable bonds is 5. The average Bonchev–Trinajstić information content (AvgIpc) is 2.38. The smallest absolute Gasteiger partial charge is 0.251 e. The Labute approximate surface area is 122 Å². The maximum absolute atomic E-state index is 12.1. The Balaban J connectivity index is 0.00000324. The van der Waals surface area contributed by atoms with Crippen LogP contribution >= 0.6 is 12.4 Å². The molecule has 0 bridgehead atoms. The molecule has 0 saturated heterocycles. The van der Waals surface area contributed by atoms with Crippen LogP contribution in [0.15, 0.2) is 18.2 Å². The number of hydrogen-bond acceptors (Lipinski definition) is 2. The molecule has 3 N–H and O–H groups in total. The van der Waals surface area contributed by atoms with Crippen molar-refractivity contribution in [3.05, 3.63) is 34.9 Å². The molecule has 1 aromatic carbocycles. The molecule has 0 aromatic heterocycles. The first-order valence-corrected chi connectivity index (χ1v) is 6.56. The van der Waals surface area contributed by atoms with Crippen LogP contribution in [0.4, 0.5) is 0 Å². The zero-order valence-electron chi connectivity index (χ0n) is 12.2. The summed E-state index contributed by atoms with van der Waals surface area (Å²) in [5.74, 6) is -0.0343. The van der Waals surface area contributed by atoms with E-state index in [1.165, 1.54) is 0 Å². The number of amides is 1. The van der Waals surface area contributed by atoms with Crippen LogP contribution in [-0.4, -0.2) is 18.0 Å². The van der Waals surface area contributed by atoms with Crippen LogP contribution in [-0.2, 0) is 0 Å². The number of nitrogens with two attached hydrogens (primary N) is 1. The summed E-state index contributed by atoms with van der Waals surface area (Å²) in [5, 5.41) is 2.95. The average molecular weight is 285 g/mol. The minimum Gasteiger partial charge on any atom is -0.350 e. The summed E-state index contributed by atoms with van der Waals surface area (Å²) in [6.45, 7) is 8.55. The van der Waals surface area contributed by atoms with Gasteiger partial charge in [-0.2, -0.15) is 0 Å². The van der Waals surface area contributed by atoms with E-state index in [4.69, 9.17) is 5.73 Å². The van der Waals surface area contributed by atoms with Crippen LogP contribution < -0.4 is 11.1 Å². The standard InChI is InChI=1S/C15H24N2O.ClH/c1-5-15(16,6-2)10-17-14(18)13-9-11(3)7-8-12(13)4;/h7-9H,5-6,10,16H2,1-4H3,(H,17,18);1H. The number of halogens is 1. The molecular weight excluding hydrogens is 260 g/mol. The first-order chi connectivity index (χ1) is 8.41. The van der Waals surface area contributed by atoms with Crippen LogP contribution in [0.2, 0.25) is 0 Å². The van der Waals surface area contributed by atoms with E-state index in [0.717, 1.165) is 29.5 Å². The van der Waals surface area contributed by atoms with E-state index in [-0.39, 0.29) is 23.9 Å². The third-order valence-corrected chi connectivity index (χ3v) is 3.65. The predicted octanol–water partition coefficient (Wildman–Crippen LogP) is 2.97. The van der Waals surface area contributed by atoms with Crippen molar-refractivity contribution in [2.45, 2.75) is 46.1 Å². The van der Waals surface area contributed by atoms with Crippen molar-refractivity contribution in [1.29, 1.82) is 0 Å². The van der Waals surface area contributed by atoms with Crippen LogP contribution in [0.3, 0.4) is 0 Å². The summed E-state index contributed by atoms with van der Waals surface area (Å²) in [4.78, 5) is 12.1. The van der Waals surface area contributed by atoms with Gasteiger partial charge >= 0.3 is 0 Å². The van der Waals surface area contributed by atoms with Crippen molar-refractivity contribution < 1.29 is 4.79 Å². The molecule has 4 heteroatoms. The van der Waals surface area contributed by atoms with Gasteiger partial charge in [-0.3, -0.25) is 4.79 Å². The van der Waals surface area contributed by atoms with Crippen LogP contribution in [0.5, 0.6) is 0 Å². The topological polar surface area (TPSA) is 55.1 Å². The monoisotopic (exact) mass is 284 g/mol. The molecule has 0 aliphatic carbocycles. The lowest BCUT2D eigenvalue weighted by Gasteiger charge is -2.27. The highest BCUT2D eigenvalue weighted by molar-refractivity contribution is 5.95. The molecule has 0 aliphatic rings. The summed E-state index contributed by atoms with van der Waals surface area (Å²) in [7, 11) is 0. The van der Waals surface area contributed by atoms with Gasteiger partial charge in [-0.25, -0.2) is 0 Å². The maximum Gasteiger partial charge on any atom is 0.251 e. The summed E-state index contributed by atoms with van der Waals surface area (Å²) < 4.78 is 0. The largest absolute Gasteiger partial charge is 0.350 e. The normalized spacial score (nSPS) is 10.8. The number of nitrogens with one attached hydrogen (secondary N) is 1. The van der Waals surface area contributed by atoms with E-state index in [9.17, 15) is 4.79 Å². The highest BCUT2D eigenvalue weighted by Gasteiger charge is 2.21. The first-order valence-electron chi connectivity index (χ1n) is 6.56. The summed E-state index contributed by atoms with van der Waals surface area (Å²) in [6, 6.07) is 5.90. The molecule has 0 spiro atoms. The second-order valence-corrected chi connectivity index (χ2v) is 5.07. The minimum absolute atomic E-state index is 0. The maximum atomic E-state index is 12.1. The molecular formula is C15H25ClN2O. The van der Waals surface area contributed by atoms with Gasteiger partial charge in [0, 0.05) is 17.6 Å². The van der Waals surface area contributed by atoms with Gasteiger partial charge in [0.2, 0.25) is 0 Å².